The fourth-order valence-corrected chi connectivity index (χ4v) is 3.75. The van der Waals surface area contributed by atoms with Crippen molar-refractivity contribution >= 4 is 34.3 Å². The van der Waals surface area contributed by atoms with Gasteiger partial charge in [0.05, 0.1) is 11.9 Å². The van der Waals surface area contributed by atoms with E-state index in [4.69, 9.17) is 5.11 Å². The first-order chi connectivity index (χ1) is 12.2. The van der Waals surface area contributed by atoms with Crippen molar-refractivity contribution in [2.45, 2.75) is 11.3 Å². The maximum atomic E-state index is 10.7. The number of pyridine rings is 1. The highest BCUT2D eigenvalue weighted by atomic mass is 32.2. The predicted molar refractivity (Wildman–Crippen MR) is 98.9 cm³/mol. The number of fused-ring (bicyclic) bond motifs is 3. The molecule has 0 radical (unpaired) electrons. The summed E-state index contributed by atoms with van der Waals surface area (Å²) in [6.07, 6.45) is 1.85. The van der Waals surface area contributed by atoms with Crippen molar-refractivity contribution in [3.05, 3.63) is 60.9 Å². The van der Waals surface area contributed by atoms with E-state index in [2.05, 4.69) is 34.5 Å². The minimum atomic E-state index is -0.777. The fraction of sp³-hybridized carbons (Fsp3) is 0.105. The number of carboxylic acid groups (broad SMARTS) is 1. The standard InChI is InChI=1S/C19H15N3O2S/c23-19(24)8-9-25-14-6-7-15-16(13-4-2-1-3-5-13)11-18-21-20-12-22(18)17(15)10-14/h1-7,10-12H,8-9H2,(H,23,24). The fourth-order valence-electron chi connectivity index (χ4n) is 2.88. The SMILES string of the molecule is O=C(O)CCSc1ccc2c(-c3ccccc3)cc3nncn3c2c1. The Hall–Kier alpha value is -2.86. The van der Waals surface area contributed by atoms with Crippen LogP contribution in [0.15, 0.2) is 65.8 Å². The Kier molecular flexibility index (Phi) is 4.11. The van der Waals surface area contributed by atoms with Gasteiger partial charge in [-0.3, -0.25) is 9.20 Å². The number of carbonyl (C=O) groups is 1. The molecule has 0 atom stereocenters. The van der Waals surface area contributed by atoms with Crippen LogP contribution in [0.5, 0.6) is 0 Å². The van der Waals surface area contributed by atoms with E-state index in [9.17, 15) is 4.79 Å². The van der Waals surface area contributed by atoms with Gasteiger partial charge in [-0.05, 0) is 29.3 Å². The number of thioether (sulfide) groups is 1. The van der Waals surface area contributed by atoms with Crippen molar-refractivity contribution in [2.75, 3.05) is 5.75 Å². The van der Waals surface area contributed by atoms with Crippen molar-refractivity contribution in [2.24, 2.45) is 0 Å². The molecule has 4 rings (SSSR count). The second-order valence-corrected chi connectivity index (χ2v) is 6.82. The molecule has 0 unspecified atom stereocenters. The van der Waals surface area contributed by atoms with Gasteiger partial charge in [-0.2, -0.15) is 0 Å². The topological polar surface area (TPSA) is 67.5 Å². The molecule has 1 N–H and O–H groups in total. The molecule has 5 nitrogen and oxygen atoms in total. The number of benzene rings is 2. The molecule has 0 aliphatic heterocycles. The molecule has 6 heteroatoms. The van der Waals surface area contributed by atoms with Crippen LogP contribution in [0.3, 0.4) is 0 Å². The van der Waals surface area contributed by atoms with Crippen LogP contribution < -0.4 is 0 Å². The third-order valence-electron chi connectivity index (χ3n) is 4.04. The summed E-state index contributed by atoms with van der Waals surface area (Å²) in [5.41, 5.74) is 4.04. The highest BCUT2D eigenvalue weighted by Crippen LogP contribution is 2.32. The lowest BCUT2D eigenvalue weighted by Crippen LogP contribution is -1.96. The predicted octanol–water partition coefficient (Wildman–Crippen LogP) is 4.12. The van der Waals surface area contributed by atoms with Crippen molar-refractivity contribution in [1.82, 2.24) is 14.6 Å². The van der Waals surface area contributed by atoms with E-state index in [0.29, 0.717) is 5.75 Å². The number of carboxylic acids is 1. The number of rotatable bonds is 5. The maximum absolute atomic E-state index is 10.7. The van der Waals surface area contributed by atoms with Crippen LogP contribution in [0.1, 0.15) is 6.42 Å². The first-order valence-electron chi connectivity index (χ1n) is 7.89. The molecule has 2 heterocycles. The van der Waals surface area contributed by atoms with Gasteiger partial charge in [0.1, 0.15) is 6.33 Å². The van der Waals surface area contributed by atoms with E-state index < -0.39 is 5.97 Å². The van der Waals surface area contributed by atoms with Gasteiger partial charge in [0, 0.05) is 16.0 Å². The maximum Gasteiger partial charge on any atom is 0.304 e. The lowest BCUT2D eigenvalue weighted by atomic mass is 10.0. The van der Waals surface area contributed by atoms with Gasteiger partial charge in [0.25, 0.3) is 0 Å². The van der Waals surface area contributed by atoms with Crippen molar-refractivity contribution in [3.63, 3.8) is 0 Å². The highest BCUT2D eigenvalue weighted by Gasteiger charge is 2.11. The average molecular weight is 349 g/mol. The molecule has 0 saturated carbocycles. The summed E-state index contributed by atoms with van der Waals surface area (Å²) in [4.78, 5) is 11.7. The summed E-state index contributed by atoms with van der Waals surface area (Å²) in [7, 11) is 0. The van der Waals surface area contributed by atoms with Crippen molar-refractivity contribution in [3.8, 4) is 11.1 Å². The summed E-state index contributed by atoms with van der Waals surface area (Å²) in [5, 5.41) is 18.1. The minimum Gasteiger partial charge on any atom is -0.481 e. The Morgan fingerprint density at radius 1 is 1.12 bits per heavy atom. The third kappa shape index (κ3) is 3.08. The lowest BCUT2D eigenvalue weighted by molar-refractivity contribution is -0.136. The molecule has 2 aromatic carbocycles. The Bertz CT molecular complexity index is 1060. The van der Waals surface area contributed by atoms with E-state index in [0.717, 1.165) is 32.6 Å². The molecule has 0 fully saturated rings. The zero-order valence-electron chi connectivity index (χ0n) is 13.3. The monoisotopic (exact) mass is 349 g/mol. The Morgan fingerprint density at radius 3 is 2.76 bits per heavy atom. The third-order valence-corrected chi connectivity index (χ3v) is 5.03. The summed E-state index contributed by atoms with van der Waals surface area (Å²) >= 11 is 1.54. The summed E-state index contributed by atoms with van der Waals surface area (Å²) < 4.78 is 1.96. The number of hydrogen-bond donors (Lipinski definition) is 1. The molecule has 124 valence electrons. The van der Waals surface area contributed by atoms with E-state index in [1.54, 1.807) is 18.1 Å². The number of hydrogen-bond acceptors (Lipinski definition) is 4. The summed E-state index contributed by atoms with van der Waals surface area (Å²) in [6, 6.07) is 18.4. The van der Waals surface area contributed by atoms with Crippen LogP contribution in [0, 0.1) is 0 Å². The van der Waals surface area contributed by atoms with Crippen LogP contribution in [0.2, 0.25) is 0 Å². The molecule has 0 spiro atoms. The minimum absolute atomic E-state index is 0.148. The second kappa shape index (κ2) is 6.57. The molecular formula is C19H15N3O2S. The molecule has 0 aliphatic carbocycles. The van der Waals surface area contributed by atoms with Crippen molar-refractivity contribution in [1.29, 1.82) is 0 Å². The molecule has 2 aromatic heterocycles. The normalized spacial score (nSPS) is 11.2. The van der Waals surface area contributed by atoms with E-state index in [1.165, 1.54) is 0 Å². The first-order valence-corrected chi connectivity index (χ1v) is 8.87. The van der Waals surface area contributed by atoms with Crippen LogP contribution in [0.25, 0.3) is 27.7 Å². The average Bonchev–Trinajstić information content (AvgIpc) is 3.10. The largest absolute Gasteiger partial charge is 0.481 e. The Labute approximate surface area is 148 Å². The Balaban J connectivity index is 1.85. The zero-order chi connectivity index (χ0) is 17.2. The van der Waals surface area contributed by atoms with Gasteiger partial charge in [-0.25, -0.2) is 0 Å². The van der Waals surface area contributed by atoms with Crippen LogP contribution >= 0.6 is 11.8 Å². The lowest BCUT2D eigenvalue weighted by Gasteiger charge is -2.10. The van der Waals surface area contributed by atoms with Crippen molar-refractivity contribution < 1.29 is 9.90 Å². The van der Waals surface area contributed by atoms with Gasteiger partial charge in [0.2, 0.25) is 0 Å². The highest BCUT2D eigenvalue weighted by molar-refractivity contribution is 7.99. The molecule has 4 aromatic rings. The zero-order valence-corrected chi connectivity index (χ0v) is 14.1. The quantitative estimate of drug-likeness (QED) is 0.549. The van der Waals surface area contributed by atoms with Gasteiger partial charge < -0.3 is 5.11 Å². The molecule has 0 aliphatic rings. The van der Waals surface area contributed by atoms with Gasteiger partial charge >= 0.3 is 5.97 Å². The number of aliphatic carboxylic acids is 1. The summed E-state index contributed by atoms with van der Waals surface area (Å²) in [5.74, 6) is -0.231. The van der Waals surface area contributed by atoms with Crippen LogP contribution in [-0.2, 0) is 4.79 Å². The number of nitrogens with zero attached hydrogens (tertiary/aromatic N) is 3. The molecular weight excluding hydrogens is 334 g/mol. The first kappa shape index (κ1) is 15.7. The molecule has 25 heavy (non-hydrogen) atoms. The second-order valence-electron chi connectivity index (χ2n) is 5.65. The van der Waals surface area contributed by atoms with E-state index in [1.807, 2.05) is 34.7 Å². The van der Waals surface area contributed by atoms with Gasteiger partial charge in [-0.15, -0.1) is 22.0 Å². The van der Waals surface area contributed by atoms with Gasteiger partial charge in [-0.1, -0.05) is 36.4 Å². The summed E-state index contributed by atoms with van der Waals surface area (Å²) in [6.45, 7) is 0. The van der Waals surface area contributed by atoms with E-state index in [-0.39, 0.29) is 6.42 Å². The van der Waals surface area contributed by atoms with Crippen LogP contribution in [-0.4, -0.2) is 31.4 Å². The van der Waals surface area contributed by atoms with E-state index >= 15 is 0 Å². The Morgan fingerprint density at radius 2 is 1.96 bits per heavy atom. The number of aromatic nitrogens is 3. The van der Waals surface area contributed by atoms with Crippen LogP contribution in [0.4, 0.5) is 0 Å². The molecule has 0 bridgehead atoms. The van der Waals surface area contributed by atoms with Gasteiger partial charge in [0.15, 0.2) is 5.65 Å². The molecule has 0 amide bonds. The smallest absolute Gasteiger partial charge is 0.304 e. The molecule has 0 saturated heterocycles.